The summed E-state index contributed by atoms with van der Waals surface area (Å²) in [6.07, 6.45) is 4.45. The van der Waals surface area contributed by atoms with Gasteiger partial charge < -0.3 is 9.47 Å². The van der Waals surface area contributed by atoms with Gasteiger partial charge in [-0.2, -0.15) is 0 Å². The Morgan fingerprint density at radius 1 is 1.11 bits per heavy atom. The molecule has 4 rings (SSSR count). The minimum Gasteiger partial charge on any atom is -0.320 e. The molecular formula is C23H26N2O2S. The molecule has 3 aromatic rings. The van der Waals surface area contributed by atoms with E-state index in [9.17, 15) is 8.42 Å². The molecule has 0 bridgehead atoms. The van der Waals surface area contributed by atoms with E-state index in [0.717, 1.165) is 30.6 Å². The molecule has 146 valence electrons. The van der Waals surface area contributed by atoms with Gasteiger partial charge in [-0.15, -0.1) is 0 Å². The molecule has 0 saturated carbocycles. The third-order valence-corrected chi connectivity index (χ3v) is 6.72. The van der Waals surface area contributed by atoms with Crippen LogP contribution in [0, 0.1) is 6.92 Å². The number of aromatic nitrogens is 1. The van der Waals surface area contributed by atoms with E-state index < -0.39 is 9.84 Å². The molecule has 5 heteroatoms. The summed E-state index contributed by atoms with van der Waals surface area (Å²) < 4.78 is 25.7. The summed E-state index contributed by atoms with van der Waals surface area (Å²) in [5.41, 5.74) is 7.45. The normalized spacial score (nSPS) is 15.8. The second-order valence-corrected chi connectivity index (χ2v) is 9.93. The summed E-state index contributed by atoms with van der Waals surface area (Å²) >= 11 is 0. The van der Waals surface area contributed by atoms with Crippen molar-refractivity contribution in [2.75, 3.05) is 19.8 Å². The summed E-state index contributed by atoms with van der Waals surface area (Å²) in [4.78, 5) is 2.72. The van der Waals surface area contributed by atoms with Gasteiger partial charge in [-0.05, 0) is 61.9 Å². The summed E-state index contributed by atoms with van der Waals surface area (Å²) in [5.74, 6) is 0. The molecular weight excluding hydrogens is 368 g/mol. The Kier molecular flexibility index (Phi) is 4.68. The van der Waals surface area contributed by atoms with Gasteiger partial charge in [0.2, 0.25) is 0 Å². The van der Waals surface area contributed by atoms with E-state index in [1.54, 1.807) is 12.1 Å². The predicted octanol–water partition coefficient (Wildman–Crippen LogP) is 4.36. The Hall–Kier alpha value is -2.37. The number of sulfone groups is 1. The molecule has 4 nitrogen and oxygen atoms in total. The van der Waals surface area contributed by atoms with E-state index in [-0.39, 0.29) is 0 Å². The van der Waals surface area contributed by atoms with E-state index in [1.165, 1.54) is 34.0 Å². The van der Waals surface area contributed by atoms with Crippen molar-refractivity contribution in [2.24, 2.45) is 0 Å². The van der Waals surface area contributed by atoms with E-state index in [0.29, 0.717) is 4.90 Å². The van der Waals surface area contributed by atoms with Gasteiger partial charge in [0.15, 0.2) is 9.84 Å². The fraction of sp³-hybridized carbons (Fsp3) is 0.304. The molecule has 28 heavy (non-hydrogen) atoms. The second-order valence-electron chi connectivity index (χ2n) is 7.91. The monoisotopic (exact) mass is 394 g/mol. The quantitative estimate of drug-likeness (QED) is 0.663. The van der Waals surface area contributed by atoms with Crippen molar-refractivity contribution in [1.29, 1.82) is 0 Å². The van der Waals surface area contributed by atoms with Gasteiger partial charge in [0.05, 0.1) is 10.4 Å². The Balaban J connectivity index is 1.83. The lowest BCUT2D eigenvalue weighted by atomic mass is 10.0. The molecule has 2 heterocycles. The molecule has 1 aliphatic rings. The van der Waals surface area contributed by atoms with Crippen LogP contribution in [0.15, 0.2) is 47.4 Å². The smallest absolute Gasteiger partial charge is 0.175 e. The van der Waals surface area contributed by atoms with Gasteiger partial charge in [-0.3, -0.25) is 0 Å². The van der Waals surface area contributed by atoms with Crippen molar-refractivity contribution in [2.45, 2.75) is 31.7 Å². The number of rotatable bonds is 3. The summed E-state index contributed by atoms with van der Waals surface area (Å²) in [5, 5.41) is 1.33. The van der Waals surface area contributed by atoms with Crippen molar-refractivity contribution >= 4 is 32.5 Å². The van der Waals surface area contributed by atoms with Crippen LogP contribution < -0.4 is 0 Å². The lowest BCUT2D eigenvalue weighted by Gasteiger charge is -2.23. The maximum atomic E-state index is 11.7. The first-order valence-electron chi connectivity index (χ1n) is 9.54. The minimum absolute atomic E-state index is 0.353. The zero-order chi connectivity index (χ0) is 20.1. The summed E-state index contributed by atoms with van der Waals surface area (Å²) in [6.45, 7) is 6.24. The lowest BCUT2D eigenvalue weighted by molar-refractivity contribution is 0.312. The van der Waals surface area contributed by atoms with Crippen molar-refractivity contribution in [1.82, 2.24) is 9.47 Å². The van der Waals surface area contributed by atoms with Gasteiger partial charge >= 0.3 is 0 Å². The zero-order valence-corrected chi connectivity index (χ0v) is 17.7. The Bertz CT molecular complexity index is 1190. The molecule has 0 spiro atoms. The molecule has 2 aromatic carbocycles. The van der Waals surface area contributed by atoms with E-state index in [2.05, 4.69) is 54.8 Å². The predicted molar refractivity (Wildman–Crippen MR) is 116 cm³/mol. The molecule has 0 saturated heterocycles. The topological polar surface area (TPSA) is 42.3 Å². The van der Waals surface area contributed by atoms with Crippen LogP contribution in [0.1, 0.15) is 29.3 Å². The zero-order valence-electron chi connectivity index (χ0n) is 16.9. The molecule has 0 N–H and O–H groups in total. The molecule has 0 atom stereocenters. The standard InChI is InChI=1S/C23H26N2O2S/c1-16-5-10-22-20(13-16)21-15-24(3)12-11-23(21)25(22)14-17(2)18-6-8-19(9-7-18)28(4,26)27/h5-10,13-14H,11-12,15H2,1-4H3/b17-14+. The molecule has 0 amide bonds. The van der Waals surface area contributed by atoms with Crippen molar-refractivity contribution in [3.05, 3.63) is 64.8 Å². The fourth-order valence-electron chi connectivity index (χ4n) is 4.02. The van der Waals surface area contributed by atoms with Crippen LogP contribution in [0.5, 0.6) is 0 Å². The highest BCUT2D eigenvalue weighted by Crippen LogP contribution is 2.32. The van der Waals surface area contributed by atoms with Crippen LogP contribution in [0.4, 0.5) is 0 Å². The van der Waals surface area contributed by atoms with Gasteiger partial charge in [0, 0.05) is 43.0 Å². The van der Waals surface area contributed by atoms with Crippen LogP contribution in [-0.4, -0.2) is 37.7 Å². The van der Waals surface area contributed by atoms with Gasteiger partial charge in [0.1, 0.15) is 0 Å². The number of nitrogens with zero attached hydrogens (tertiary/aromatic N) is 2. The van der Waals surface area contributed by atoms with Crippen LogP contribution in [-0.2, 0) is 22.8 Å². The lowest BCUT2D eigenvalue weighted by Crippen LogP contribution is -2.26. The number of hydrogen-bond donors (Lipinski definition) is 0. The highest BCUT2D eigenvalue weighted by molar-refractivity contribution is 7.90. The van der Waals surface area contributed by atoms with E-state index in [4.69, 9.17) is 0 Å². The number of benzene rings is 2. The highest BCUT2D eigenvalue weighted by atomic mass is 32.2. The van der Waals surface area contributed by atoms with Gasteiger partial charge in [-0.25, -0.2) is 8.42 Å². The SMILES string of the molecule is C/C(=C\n1c2c(c3cc(C)ccc31)CN(C)CC2)c1ccc(S(C)(=O)=O)cc1. The number of aryl methyl sites for hydroxylation is 1. The Morgan fingerprint density at radius 3 is 2.50 bits per heavy atom. The average molecular weight is 395 g/mol. The van der Waals surface area contributed by atoms with Gasteiger partial charge in [0.25, 0.3) is 0 Å². The Labute approximate surface area is 167 Å². The third kappa shape index (κ3) is 3.40. The van der Waals surface area contributed by atoms with Gasteiger partial charge in [-0.1, -0.05) is 23.8 Å². The van der Waals surface area contributed by atoms with Crippen molar-refractivity contribution in [3.8, 4) is 0 Å². The largest absolute Gasteiger partial charge is 0.320 e. The third-order valence-electron chi connectivity index (χ3n) is 5.59. The second kappa shape index (κ2) is 6.90. The van der Waals surface area contributed by atoms with Crippen LogP contribution in [0.3, 0.4) is 0 Å². The maximum absolute atomic E-state index is 11.7. The van der Waals surface area contributed by atoms with E-state index >= 15 is 0 Å². The number of allylic oxidation sites excluding steroid dienone is 1. The van der Waals surface area contributed by atoms with Crippen molar-refractivity contribution in [3.63, 3.8) is 0 Å². The molecule has 0 fully saturated rings. The van der Waals surface area contributed by atoms with Crippen molar-refractivity contribution < 1.29 is 8.42 Å². The summed E-state index contributed by atoms with van der Waals surface area (Å²) in [7, 11) is -1.00. The molecule has 0 radical (unpaired) electrons. The van der Waals surface area contributed by atoms with Crippen LogP contribution >= 0.6 is 0 Å². The minimum atomic E-state index is -3.17. The van der Waals surface area contributed by atoms with Crippen LogP contribution in [0.2, 0.25) is 0 Å². The highest BCUT2D eigenvalue weighted by Gasteiger charge is 2.21. The molecule has 1 aliphatic heterocycles. The Morgan fingerprint density at radius 2 is 1.82 bits per heavy atom. The number of likely N-dealkylation sites (N-methyl/N-ethyl adjacent to an activating group) is 1. The first-order valence-corrected chi connectivity index (χ1v) is 11.4. The first kappa shape index (κ1) is 19.0. The first-order chi connectivity index (χ1) is 13.2. The molecule has 0 unspecified atom stereocenters. The fourth-order valence-corrected chi connectivity index (χ4v) is 4.65. The number of hydrogen-bond acceptors (Lipinski definition) is 3. The average Bonchev–Trinajstić information content (AvgIpc) is 2.93. The number of fused-ring (bicyclic) bond motifs is 3. The molecule has 1 aromatic heterocycles. The summed E-state index contributed by atoms with van der Waals surface area (Å²) in [6, 6.07) is 13.8. The van der Waals surface area contributed by atoms with E-state index in [1.807, 2.05) is 12.1 Å². The molecule has 0 aliphatic carbocycles. The van der Waals surface area contributed by atoms with Crippen LogP contribution in [0.25, 0.3) is 22.7 Å². The maximum Gasteiger partial charge on any atom is 0.175 e.